The molecule has 1 atom stereocenters. The van der Waals surface area contributed by atoms with Crippen molar-refractivity contribution in [2.24, 2.45) is 0 Å². The molecular weight excluding hydrogens is 242 g/mol. The van der Waals surface area contributed by atoms with E-state index >= 15 is 0 Å². The third-order valence-corrected chi connectivity index (χ3v) is 3.77. The third kappa shape index (κ3) is 2.10. The van der Waals surface area contributed by atoms with Gasteiger partial charge in [0.2, 0.25) is 5.95 Å². The van der Waals surface area contributed by atoms with Crippen LogP contribution < -0.4 is 10.2 Å². The second-order valence-corrected chi connectivity index (χ2v) is 5.03. The molecular formula is C12H19N7. The van der Waals surface area contributed by atoms with Gasteiger partial charge in [0.05, 0.1) is 11.6 Å². The average molecular weight is 261 g/mol. The number of aromatic nitrogens is 4. The zero-order valence-electron chi connectivity index (χ0n) is 11.5. The lowest BCUT2D eigenvalue weighted by Gasteiger charge is -2.38. The Balaban J connectivity index is 2.01. The minimum Gasteiger partial charge on any atom is -0.357 e. The Labute approximate surface area is 112 Å². The molecule has 0 aliphatic carbocycles. The van der Waals surface area contributed by atoms with Gasteiger partial charge in [0.25, 0.3) is 0 Å². The Morgan fingerprint density at radius 3 is 2.95 bits per heavy atom. The summed E-state index contributed by atoms with van der Waals surface area (Å²) in [4.78, 5) is 13.6. The van der Waals surface area contributed by atoms with Gasteiger partial charge in [-0.15, -0.1) is 0 Å². The molecule has 19 heavy (non-hydrogen) atoms. The van der Waals surface area contributed by atoms with Gasteiger partial charge in [-0.05, 0) is 14.0 Å². The van der Waals surface area contributed by atoms with E-state index in [-0.39, 0.29) is 0 Å². The first-order valence-electron chi connectivity index (χ1n) is 6.53. The maximum Gasteiger partial charge on any atom is 0.226 e. The number of rotatable bonds is 2. The monoisotopic (exact) mass is 261 g/mol. The molecule has 2 aromatic rings. The lowest BCUT2D eigenvalue weighted by molar-refractivity contribution is 0.233. The van der Waals surface area contributed by atoms with Crippen LogP contribution in [0.1, 0.15) is 6.92 Å². The normalized spacial score (nSPS) is 21.0. The summed E-state index contributed by atoms with van der Waals surface area (Å²) in [6.07, 6.45) is 1.80. The van der Waals surface area contributed by atoms with Crippen LogP contribution in [0.25, 0.3) is 11.0 Å². The molecule has 1 aliphatic heterocycles. The lowest BCUT2D eigenvalue weighted by atomic mass is 10.2. The van der Waals surface area contributed by atoms with Gasteiger partial charge in [-0.1, -0.05) is 0 Å². The Kier molecular flexibility index (Phi) is 2.98. The number of anilines is 2. The Morgan fingerprint density at radius 1 is 1.37 bits per heavy atom. The topological polar surface area (TPSA) is 73.0 Å². The van der Waals surface area contributed by atoms with Crippen LogP contribution in [0.2, 0.25) is 0 Å². The number of hydrogen-bond acceptors (Lipinski definition) is 6. The van der Waals surface area contributed by atoms with Crippen molar-refractivity contribution in [2.45, 2.75) is 13.0 Å². The number of likely N-dealkylation sites (N-methyl/N-ethyl adjacent to an activating group) is 1. The van der Waals surface area contributed by atoms with E-state index in [0.29, 0.717) is 12.0 Å². The molecule has 1 saturated heterocycles. The van der Waals surface area contributed by atoms with Crippen LogP contribution in [0.15, 0.2) is 6.20 Å². The van der Waals surface area contributed by atoms with Crippen LogP contribution in [0.5, 0.6) is 0 Å². The quantitative estimate of drug-likeness (QED) is 0.822. The highest BCUT2D eigenvalue weighted by atomic mass is 15.3. The van der Waals surface area contributed by atoms with Crippen molar-refractivity contribution >= 4 is 22.8 Å². The van der Waals surface area contributed by atoms with Crippen LogP contribution in [0, 0.1) is 0 Å². The van der Waals surface area contributed by atoms with Crippen molar-refractivity contribution in [2.75, 3.05) is 43.9 Å². The molecule has 7 heteroatoms. The highest BCUT2D eigenvalue weighted by Crippen LogP contribution is 2.25. The molecule has 1 aliphatic rings. The Hall–Kier alpha value is -1.89. The summed E-state index contributed by atoms with van der Waals surface area (Å²) in [6, 6.07) is 0.517. The molecule has 3 heterocycles. The van der Waals surface area contributed by atoms with Gasteiger partial charge in [-0.25, -0.2) is 0 Å². The molecule has 1 fully saturated rings. The minimum absolute atomic E-state index is 0.517. The van der Waals surface area contributed by atoms with Crippen LogP contribution in [-0.4, -0.2) is 64.8 Å². The minimum atomic E-state index is 0.517. The number of fused-ring (bicyclic) bond motifs is 1. The van der Waals surface area contributed by atoms with Gasteiger partial charge >= 0.3 is 0 Å². The van der Waals surface area contributed by atoms with Gasteiger partial charge < -0.3 is 15.1 Å². The van der Waals surface area contributed by atoms with Crippen LogP contribution in [-0.2, 0) is 0 Å². The van der Waals surface area contributed by atoms with Crippen molar-refractivity contribution in [3.63, 3.8) is 0 Å². The first-order valence-corrected chi connectivity index (χ1v) is 6.53. The molecule has 0 aromatic carbocycles. The summed E-state index contributed by atoms with van der Waals surface area (Å²) in [5, 5.41) is 11.0. The fraction of sp³-hybridized carbons (Fsp3) is 0.583. The largest absolute Gasteiger partial charge is 0.357 e. The fourth-order valence-corrected chi connectivity index (χ4v) is 2.41. The van der Waals surface area contributed by atoms with E-state index in [1.54, 1.807) is 6.20 Å². The molecule has 102 valence electrons. The SMILES string of the molecule is CNc1nc(N2CCN(C)C(C)C2)c2cn[nH]c2n1. The molecule has 0 spiro atoms. The van der Waals surface area contributed by atoms with E-state index in [9.17, 15) is 0 Å². The first-order chi connectivity index (χ1) is 9.19. The van der Waals surface area contributed by atoms with Crippen molar-refractivity contribution in [1.82, 2.24) is 25.1 Å². The summed E-state index contributed by atoms with van der Waals surface area (Å²) in [5.74, 6) is 1.58. The molecule has 0 saturated carbocycles. The highest BCUT2D eigenvalue weighted by Gasteiger charge is 2.24. The van der Waals surface area contributed by atoms with Gasteiger partial charge in [0.15, 0.2) is 5.65 Å². The van der Waals surface area contributed by atoms with Crippen molar-refractivity contribution < 1.29 is 0 Å². The fourth-order valence-electron chi connectivity index (χ4n) is 2.41. The van der Waals surface area contributed by atoms with Crippen molar-refractivity contribution in [1.29, 1.82) is 0 Å². The molecule has 3 rings (SSSR count). The van der Waals surface area contributed by atoms with E-state index in [1.165, 1.54) is 0 Å². The predicted octanol–water partition coefficient (Wildman–Crippen LogP) is 0.535. The number of H-pyrrole nitrogens is 1. The number of nitrogens with zero attached hydrogens (tertiary/aromatic N) is 5. The molecule has 7 nitrogen and oxygen atoms in total. The summed E-state index contributed by atoms with van der Waals surface area (Å²) < 4.78 is 0. The number of aromatic amines is 1. The van der Waals surface area contributed by atoms with E-state index in [2.05, 4.69) is 49.3 Å². The standard InChI is InChI=1S/C12H19N7/c1-8-7-19(5-4-18(8)3)11-9-6-14-17-10(9)15-12(13-2)16-11/h6,8H,4-5,7H2,1-3H3,(H2,13,14,15,16,17). The van der Waals surface area contributed by atoms with Gasteiger partial charge in [0.1, 0.15) is 5.82 Å². The molecule has 0 bridgehead atoms. The molecule has 1 unspecified atom stereocenters. The smallest absolute Gasteiger partial charge is 0.226 e. The Bertz CT molecular complexity index is 578. The van der Waals surface area contributed by atoms with E-state index in [0.717, 1.165) is 36.5 Å². The summed E-state index contributed by atoms with van der Waals surface area (Å²) in [7, 11) is 3.99. The van der Waals surface area contributed by atoms with Gasteiger partial charge in [-0.2, -0.15) is 15.1 Å². The van der Waals surface area contributed by atoms with Crippen LogP contribution >= 0.6 is 0 Å². The van der Waals surface area contributed by atoms with Crippen LogP contribution in [0.3, 0.4) is 0 Å². The van der Waals surface area contributed by atoms with E-state index in [4.69, 9.17) is 0 Å². The zero-order chi connectivity index (χ0) is 13.4. The molecule has 2 N–H and O–H groups in total. The molecule has 2 aromatic heterocycles. The first kappa shape index (κ1) is 12.2. The highest BCUT2D eigenvalue weighted by molar-refractivity contribution is 5.87. The summed E-state index contributed by atoms with van der Waals surface area (Å²) in [5.41, 5.74) is 0.779. The molecule has 0 radical (unpaired) electrons. The van der Waals surface area contributed by atoms with Crippen LogP contribution in [0.4, 0.5) is 11.8 Å². The molecule has 0 amide bonds. The predicted molar refractivity (Wildman–Crippen MR) is 75.5 cm³/mol. The van der Waals surface area contributed by atoms with Gasteiger partial charge in [0, 0.05) is 32.7 Å². The second-order valence-electron chi connectivity index (χ2n) is 5.03. The lowest BCUT2D eigenvalue weighted by Crippen LogP contribution is -2.50. The second kappa shape index (κ2) is 4.65. The average Bonchev–Trinajstić information content (AvgIpc) is 2.89. The van der Waals surface area contributed by atoms with E-state index in [1.807, 2.05) is 7.05 Å². The summed E-state index contributed by atoms with van der Waals surface area (Å²) >= 11 is 0. The Morgan fingerprint density at radius 2 is 2.21 bits per heavy atom. The number of nitrogens with one attached hydrogen (secondary N) is 2. The zero-order valence-corrected chi connectivity index (χ0v) is 11.5. The van der Waals surface area contributed by atoms with Crippen molar-refractivity contribution in [3.05, 3.63) is 6.20 Å². The van der Waals surface area contributed by atoms with E-state index < -0.39 is 0 Å². The third-order valence-electron chi connectivity index (χ3n) is 3.77. The van der Waals surface area contributed by atoms with Crippen molar-refractivity contribution in [3.8, 4) is 0 Å². The number of hydrogen-bond donors (Lipinski definition) is 2. The summed E-state index contributed by atoms with van der Waals surface area (Å²) in [6.45, 7) is 5.22. The maximum atomic E-state index is 4.60. The number of piperazine rings is 1. The maximum absolute atomic E-state index is 4.60. The van der Waals surface area contributed by atoms with Gasteiger partial charge in [-0.3, -0.25) is 5.10 Å².